The van der Waals surface area contributed by atoms with Crippen molar-refractivity contribution in [1.82, 2.24) is 0 Å². The Morgan fingerprint density at radius 2 is 1.82 bits per heavy atom. The van der Waals surface area contributed by atoms with Gasteiger partial charge in [0.15, 0.2) is 0 Å². The third-order valence-corrected chi connectivity index (χ3v) is 1.11. The summed E-state index contributed by atoms with van der Waals surface area (Å²) in [5.74, 6) is 0. The summed E-state index contributed by atoms with van der Waals surface area (Å²) in [5, 5.41) is 0. The molecule has 4 heteroatoms. The van der Waals surface area contributed by atoms with E-state index in [1.165, 1.54) is 6.92 Å². The van der Waals surface area contributed by atoms with Crippen molar-refractivity contribution in [1.29, 1.82) is 0 Å². The summed E-state index contributed by atoms with van der Waals surface area (Å²) in [4.78, 5) is 0. The molecule has 1 unspecified atom stereocenters. The smallest absolute Gasteiger partial charge is 0 e. The molecule has 62 valence electrons. The average molecular weight is 311 g/mol. The molecule has 0 aromatic carbocycles. The molecule has 0 heterocycles. The molecule has 2 radical (unpaired) electrons. The summed E-state index contributed by atoms with van der Waals surface area (Å²) in [6, 6.07) is 0. The molecule has 0 aromatic rings. The largest absolute Gasteiger partial charge is 0.423 e. The monoisotopic (exact) mass is 311 g/mol. The van der Waals surface area contributed by atoms with E-state index >= 15 is 0 Å². The fraction of sp³-hybridized carbons (Fsp3) is 0.571. The molecule has 0 rings (SSSR count). The maximum atomic E-state index is 11.8. The Bertz CT molecular complexity index is 84.5. The van der Waals surface area contributed by atoms with Crippen LogP contribution in [0, 0.1) is 25.2 Å². The molecule has 0 saturated carbocycles. The summed E-state index contributed by atoms with van der Waals surface area (Å²) in [5.41, 5.74) is -1.17. The minimum atomic E-state index is -1.60. The Morgan fingerprint density at radius 3 is 1.91 bits per heavy atom. The quantitative estimate of drug-likeness (QED) is 0.703. The van der Waals surface area contributed by atoms with Crippen LogP contribution in [0.15, 0.2) is 0 Å². The van der Waals surface area contributed by atoms with E-state index in [0.29, 0.717) is 6.42 Å². The molecule has 0 spiro atoms. The zero-order chi connectivity index (χ0) is 7.49. The van der Waals surface area contributed by atoms with Crippen LogP contribution in [0.5, 0.6) is 0 Å². The van der Waals surface area contributed by atoms with Gasteiger partial charge in [-0.3, -0.25) is 5.41 Å². The van der Waals surface area contributed by atoms with Gasteiger partial charge in [0.25, 0.3) is 0 Å². The van der Waals surface area contributed by atoms with Crippen molar-refractivity contribution < 1.29 is 74.2 Å². The zero-order valence-corrected chi connectivity index (χ0v) is 12.6. The second-order valence-electron chi connectivity index (χ2n) is 2.43. The Labute approximate surface area is 118 Å². The molecule has 0 N–H and O–H groups in total. The van der Waals surface area contributed by atoms with Gasteiger partial charge in [-0.1, -0.05) is 0 Å². The SMILES string of the molecule is [CH2-]C(C)(C[CH-]C)[C-](F)F.[Y].[Y]. The molecule has 1 atom stereocenters. The Hall–Kier alpha value is 2.07. The normalized spacial score (nSPS) is 14.7. The molecule has 0 bridgehead atoms. The van der Waals surface area contributed by atoms with Crippen molar-refractivity contribution in [3.63, 3.8) is 0 Å². The minimum absolute atomic E-state index is 0. The van der Waals surface area contributed by atoms with Gasteiger partial charge in [0.05, 0.1) is 0 Å². The molecule has 0 aliphatic rings. The Balaban J connectivity index is -0.000000320. The third-order valence-electron chi connectivity index (χ3n) is 1.11. The van der Waals surface area contributed by atoms with Crippen molar-refractivity contribution in [2.75, 3.05) is 0 Å². The van der Waals surface area contributed by atoms with Gasteiger partial charge in [0.1, 0.15) is 0 Å². The zero-order valence-electron chi connectivity index (χ0n) is 6.90. The topological polar surface area (TPSA) is 0 Å². The number of halogens is 2. The fourth-order valence-electron chi connectivity index (χ4n) is 0.528. The third kappa shape index (κ3) is 8.40. The van der Waals surface area contributed by atoms with Gasteiger partial charge in [-0.2, -0.15) is 6.92 Å². The van der Waals surface area contributed by atoms with E-state index < -0.39 is 11.8 Å². The van der Waals surface area contributed by atoms with Crippen LogP contribution in [0.1, 0.15) is 20.3 Å². The van der Waals surface area contributed by atoms with Crippen molar-refractivity contribution in [2.45, 2.75) is 20.3 Å². The van der Waals surface area contributed by atoms with E-state index in [1.807, 2.05) is 0 Å². The first-order valence-corrected chi connectivity index (χ1v) is 2.82. The van der Waals surface area contributed by atoms with E-state index in [0.717, 1.165) is 0 Å². The maximum Gasteiger partial charge on any atom is 0 e. The molecular weight excluding hydrogens is 300 g/mol. The van der Waals surface area contributed by atoms with Crippen LogP contribution < -0.4 is 0 Å². The van der Waals surface area contributed by atoms with Crippen LogP contribution in [0.4, 0.5) is 8.78 Å². The Kier molecular flexibility index (Phi) is 14.8. The fourth-order valence-corrected chi connectivity index (χ4v) is 0.528. The van der Waals surface area contributed by atoms with Gasteiger partial charge in [0.2, 0.25) is 0 Å². The molecule has 0 aliphatic heterocycles. The van der Waals surface area contributed by atoms with Crippen LogP contribution in [-0.2, 0) is 65.4 Å². The summed E-state index contributed by atoms with van der Waals surface area (Å²) in [6.45, 7) is 6.50. The summed E-state index contributed by atoms with van der Waals surface area (Å²) in [7, 11) is 0. The van der Waals surface area contributed by atoms with Crippen molar-refractivity contribution in [3.8, 4) is 0 Å². The molecular formula is C7H11F2Y2-3. The first kappa shape index (κ1) is 18.8. The predicted molar refractivity (Wildman–Crippen MR) is 33.5 cm³/mol. The van der Waals surface area contributed by atoms with Gasteiger partial charge in [-0.05, 0) is 6.43 Å². The Morgan fingerprint density at radius 1 is 1.45 bits per heavy atom. The van der Waals surface area contributed by atoms with E-state index in [1.54, 1.807) is 13.3 Å². The van der Waals surface area contributed by atoms with Gasteiger partial charge < -0.3 is 22.1 Å². The number of rotatable bonds is 3. The van der Waals surface area contributed by atoms with E-state index in [4.69, 9.17) is 0 Å². The molecule has 0 fully saturated rings. The van der Waals surface area contributed by atoms with E-state index in [2.05, 4.69) is 6.92 Å². The first-order valence-electron chi connectivity index (χ1n) is 2.82. The second kappa shape index (κ2) is 8.66. The van der Waals surface area contributed by atoms with Crippen molar-refractivity contribution >= 4 is 0 Å². The van der Waals surface area contributed by atoms with Gasteiger partial charge in [-0.25, -0.2) is 6.42 Å². The molecule has 0 aromatic heterocycles. The van der Waals surface area contributed by atoms with E-state index in [9.17, 15) is 8.78 Å². The van der Waals surface area contributed by atoms with Gasteiger partial charge in [-0.15, -0.1) is 6.92 Å². The van der Waals surface area contributed by atoms with Crippen LogP contribution in [-0.4, -0.2) is 0 Å². The van der Waals surface area contributed by atoms with Crippen molar-refractivity contribution in [3.05, 3.63) is 19.8 Å². The molecule has 0 aliphatic carbocycles. The van der Waals surface area contributed by atoms with Crippen molar-refractivity contribution in [2.24, 2.45) is 5.41 Å². The summed E-state index contributed by atoms with van der Waals surface area (Å²) in [6.07, 6.45) is 0.419. The molecule has 0 amide bonds. The van der Waals surface area contributed by atoms with Crippen LogP contribution in [0.2, 0.25) is 0 Å². The molecule has 0 nitrogen and oxygen atoms in total. The standard InChI is InChI=1S/C7H11F2.2Y/c1-4-5-7(2,3)6(8)9;;/h4H,2,5H2,1,3H3;;/q-3;;. The minimum Gasteiger partial charge on any atom is -0.423 e. The van der Waals surface area contributed by atoms with Gasteiger partial charge >= 0.3 is 0 Å². The van der Waals surface area contributed by atoms with E-state index in [-0.39, 0.29) is 65.4 Å². The predicted octanol–water partition coefficient (Wildman–Crippen LogP) is 2.86. The maximum absolute atomic E-state index is 11.8. The second-order valence-corrected chi connectivity index (χ2v) is 2.43. The number of hydrogen-bond donors (Lipinski definition) is 0. The van der Waals surface area contributed by atoms with Crippen LogP contribution in [0.25, 0.3) is 0 Å². The molecule has 11 heavy (non-hydrogen) atoms. The first-order chi connectivity index (χ1) is 4.00. The average Bonchev–Trinajstić information content (AvgIpc) is 1.65. The summed E-state index contributed by atoms with van der Waals surface area (Å²) >= 11 is 0. The van der Waals surface area contributed by atoms with Gasteiger partial charge in [0, 0.05) is 65.4 Å². The van der Waals surface area contributed by atoms with Crippen LogP contribution in [0.3, 0.4) is 0 Å². The number of hydrogen-bond acceptors (Lipinski definition) is 0. The van der Waals surface area contributed by atoms with Crippen LogP contribution >= 0.6 is 0 Å². The summed E-state index contributed by atoms with van der Waals surface area (Å²) < 4.78 is 23.7. The molecule has 0 saturated heterocycles.